The zero-order chi connectivity index (χ0) is 20.4. The number of ether oxygens (including phenoxy) is 1. The van der Waals surface area contributed by atoms with Crippen molar-refractivity contribution in [1.29, 1.82) is 0 Å². The molecule has 0 saturated carbocycles. The molecule has 1 aromatic carbocycles. The summed E-state index contributed by atoms with van der Waals surface area (Å²) in [7, 11) is 0. The molecule has 0 aliphatic carbocycles. The lowest BCUT2D eigenvalue weighted by molar-refractivity contribution is 0.182. The van der Waals surface area contributed by atoms with Crippen LogP contribution in [0.5, 0.6) is 5.75 Å². The van der Waals surface area contributed by atoms with Crippen LogP contribution in [0.25, 0.3) is 0 Å². The van der Waals surface area contributed by atoms with Crippen molar-refractivity contribution in [3.63, 3.8) is 0 Å². The van der Waals surface area contributed by atoms with E-state index < -0.39 is 6.10 Å². The van der Waals surface area contributed by atoms with E-state index in [0.717, 1.165) is 43.5 Å². The minimum Gasteiger partial charge on any atom is -0.491 e. The van der Waals surface area contributed by atoms with Crippen molar-refractivity contribution >= 4 is 5.96 Å². The van der Waals surface area contributed by atoms with Gasteiger partial charge in [-0.2, -0.15) is 0 Å². The number of likely N-dealkylation sites (tertiary alicyclic amines) is 1. The highest BCUT2D eigenvalue weighted by atomic mass is 16.5. The van der Waals surface area contributed by atoms with E-state index in [1.54, 1.807) is 0 Å². The second-order valence-corrected chi connectivity index (χ2v) is 7.76. The first-order valence-corrected chi connectivity index (χ1v) is 10.7. The van der Waals surface area contributed by atoms with Crippen LogP contribution >= 0.6 is 0 Å². The normalized spacial score (nSPS) is 19.5. The highest BCUT2D eigenvalue weighted by Crippen LogP contribution is 2.20. The number of hydrogen-bond acceptors (Lipinski definition) is 4. The van der Waals surface area contributed by atoms with E-state index in [2.05, 4.69) is 34.4 Å². The molecule has 0 radical (unpaired) electrons. The molecule has 0 spiro atoms. The van der Waals surface area contributed by atoms with Crippen molar-refractivity contribution in [2.45, 2.75) is 52.7 Å². The largest absolute Gasteiger partial charge is 0.491 e. The van der Waals surface area contributed by atoms with E-state index in [4.69, 9.17) is 4.74 Å². The maximum absolute atomic E-state index is 10.6. The van der Waals surface area contributed by atoms with E-state index in [1.807, 2.05) is 38.1 Å². The molecule has 28 heavy (non-hydrogen) atoms. The molecule has 2 atom stereocenters. The van der Waals surface area contributed by atoms with Crippen LogP contribution in [0, 0.1) is 5.92 Å². The number of aliphatic hydroxyl groups is 1. The lowest BCUT2D eigenvalue weighted by Crippen LogP contribution is -2.44. The Morgan fingerprint density at radius 1 is 1.32 bits per heavy atom. The third-order valence-corrected chi connectivity index (χ3v) is 4.99. The van der Waals surface area contributed by atoms with E-state index >= 15 is 0 Å². The highest BCUT2D eigenvalue weighted by Gasteiger charge is 2.19. The molecule has 1 saturated heterocycles. The van der Waals surface area contributed by atoms with Gasteiger partial charge in [0.1, 0.15) is 5.75 Å². The van der Waals surface area contributed by atoms with Crippen molar-refractivity contribution in [3.8, 4) is 5.75 Å². The lowest BCUT2D eigenvalue weighted by atomic mass is 9.98. The summed E-state index contributed by atoms with van der Waals surface area (Å²) in [6.45, 7) is 13.8. The molecule has 1 heterocycles. The van der Waals surface area contributed by atoms with Gasteiger partial charge < -0.3 is 25.4 Å². The number of aliphatic hydroxyl groups excluding tert-OH is 1. The minimum atomic E-state index is -0.656. The van der Waals surface area contributed by atoms with Crippen molar-refractivity contribution in [2.24, 2.45) is 10.9 Å². The molecule has 2 rings (SSSR count). The average Bonchev–Trinajstić information content (AvgIpc) is 2.69. The maximum Gasteiger partial charge on any atom is 0.191 e. The van der Waals surface area contributed by atoms with Gasteiger partial charge in [-0.1, -0.05) is 19.1 Å². The molecule has 1 aliphatic rings. The van der Waals surface area contributed by atoms with Gasteiger partial charge in [-0.05, 0) is 70.3 Å². The summed E-state index contributed by atoms with van der Waals surface area (Å²) in [5, 5.41) is 17.3. The third kappa shape index (κ3) is 7.68. The van der Waals surface area contributed by atoms with Crippen LogP contribution in [0.2, 0.25) is 0 Å². The van der Waals surface area contributed by atoms with Crippen molar-refractivity contribution in [1.82, 2.24) is 15.5 Å². The molecular formula is C22H38N4O2. The number of guanidine groups is 1. The van der Waals surface area contributed by atoms with Gasteiger partial charge in [-0.25, -0.2) is 0 Å². The number of aliphatic imine (C=N–C) groups is 1. The Bertz CT molecular complexity index is 606. The first kappa shape index (κ1) is 22.5. The Labute approximate surface area is 170 Å². The number of benzene rings is 1. The predicted octanol–water partition coefficient (Wildman–Crippen LogP) is 2.79. The van der Waals surface area contributed by atoms with Gasteiger partial charge in [-0.3, -0.25) is 4.99 Å². The Hall–Kier alpha value is -1.79. The summed E-state index contributed by atoms with van der Waals surface area (Å²) in [5.74, 6) is 2.19. The van der Waals surface area contributed by atoms with Gasteiger partial charge in [-0.15, -0.1) is 0 Å². The summed E-state index contributed by atoms with van der Waals surface area (Å²) in [4.78, 5) is 7.10. The van der Waals surface area contributed by atoms with Crippen LogP contribution in [0.3, 0.4) is 0 Å². The van der Waals surface area contributed by atoms with Gasteiger partial charge in [0.05, 0.1) is 18.8 Å². The number of nitrogens with zero attached hydrogens (tertiary/aromatic N) is 2. The lowest BCUT2D eigenvalue weighted by Gasteiger charge is -2.32. The Balaban J connectivity index is 1.90. The molecular weight excluding hydrogens is 352 g/mol. The maximum atomic E-state index is 10.6. The zero-order valence-electron chi connectivity index (χ0n) is 17.9. The molecule has 2 unspecified atom stereocenters. The molecule has 0 amide bonds. The van der Waals surface area contributed by atoms with Gasteiger partial charge in [0.25, 0.3) is 0 Å². The molecule has 1 fully saturated rings. The summed E-state index contributed by atoms with van der Waals surface area (Å²) in [6, 6.07) is 7.62. The molecule has 6 nitrogen and oxygen atoms in total. The fourth-order valence-electron chi connectivity index (χ4n) is 3.54. The van der Waals surface area contributed by atoms with E-state index in [0.29, 0.717) is 12.5 Å². The average molecular weight is 391 g/mol. The van der Waals surface area contributed by atoms with Crippen molar-refractivity contribution in [3.05, 3.63) is 29.8 Å². The monoisotopic (exact) mass is 390 g/mol. The molecule has 0 aromatic heterocycles. The second kappa shape index (κ2) is 11.9. The van der Waals surface area contributed by atoms with Crippen LogP contribution in [-0.4, -0.2) is 61.3 Å². The SMILES string of the molecule is CCNC(=NCC(O)c1cccc(OC(C)C)c1)NCC1CCCN(CC)C1. The molecule has 6 heteroatoms. The summed E-state index contributed by atoms with van der Waals surface area (Å²) in [5.41, 5.74) is 0.823. The number of piperidine rings is 1. The van der Waals surface area contributed by atoms with Crippen LogP contribution in [-0.2, 0) is 0 Å². The Morgan fingerprint density at radius 2 is 2.14 bits per heavy atom. The van der Waals surface area contributed by atoms with Crippen LogP contribution in [0.4, 0.5) is 0 Å². The highest BCUT2D eigenvalue weighted by molar-refractivity contribution is 5.79. The minimum absolute atomic E-state index is 0.110. The molecule has 3 N–H and O–H groups in total. The standard InChI is InChI=1S/C22H38N4O2/c1-5-23-22(24-14-18-9-8-12-26(6-2)16-18)25-15-21(27)19-10-7-11-20(13-19)28-17(3)4/h7,10-11,13,17-18,21,27H,5-6,8-9,12,14-16H2,1-4H3,(H2,23,24,25). The predicted molar refractivity (Wildman–Crippen MR) is 116 cm³/mol. The van der Waals surface area contributed by atoms with E-state index in [-0.39, 0.29) is 6.10 Å². The molecule has 0 bridgehead atoms. The quantitative estimate of drug-likeness (QED) is 0.447. The smallest absolute Gasteiger partial charge is 0.191 e. The first-order chi connectivity index (χ1) is 13.5. The Kier molecular flexibility index (Phi) is 9.58. The van der Waals surface area contributed by atoms with Crippen molar-refractivity contribution in [2.75, 3.05) is 39.3 Å². The summed E-state index contributed by atoms with van der Waals surface area (Å²) in [6.07, 6.45) is 1.98. The van der Waals surface area contributed by atoms with Gasteiger partial charge in [0.15, 0.2) is 5.96 Å². The van der Waals surface area contributed by atoms with Crippen molar-refractivity contribution < 1.29 is 9.84 Å². The first-order valence-electron chi connectivity index (χ1n) is 10.7. The van der Waals surface area contributed by atoms with Gasteiger partial charge in [0.2, 0.25) is 0 Å². The Morgan fingerprint density at radius 3 is 2.86 bits per heavy atom. The summed E-state index contributed by atoms with van der Waals surface area (Å²) >= 11 is 0. The van der Waals surface area contributed by atoms with Gasteiger partial charge >= 0.3 is 0 Å². The molecule has 158 valence electrons. The fraction of sp³-hybridized carbons (Fsp3) is 0.682. The second-order valence-electron chi connectivity index (χ2n) is 7.76. The van der Waals surface area contributed by atoms with E-state index in [1.165, 1.54) is 19.4 Å². The number of rotatable bonds is 9. The molecule has 1 aliphatic heterocycles. The fourth-order valence-corrected chi connectivity index (χ4v) is 3.54. The molecule has 1 aromatic rings. The number of hydrogen-bond donors (Lipinski definition) is 3. The zero-order valence-corrected chi connectivity index (χ0v) is 17.9. The van der Waals surface area contributed by atoms with Crippen LogP contribution in [0.15, 0.2) is 29.3 Å². The summed E-state index contributed by atoms with van der Waals surface area (Å²) < 4.78 is 5.72. The number of nitrogens with one attached hydrogen (secondary N) is 2. The van der Waals surface area contributed by atoms with Gasteiger partial charge in [0, 0.05) is 19.6 Å². The van der Waals surface area contributed by atoms with Crippen LogP contribution in [0.1, 0.15) is 52.2 Å². The topological polar surface area (TPSA) is 69.1 Å². The third-order valence-electron chi connectivity index (χ3n) is 4.99. The van der Waals surface area contributed by atoms with Crippen LogP contribution < -0.4 is 15.4 Å². The van der Waals surface area contributed by atoms with E-state index in [9.17, 15) is 5.11 Å².